The molecule has 0 amide bonds. The molecule has 0 spiro atoms. The van der Waals surface area contributed by atoms with Crippen molar-refractivity contribution in [1.29, 1.82) is 0 Å². The van der Waals surface area contributed by atoms with E-state index in [1.807, 2.05) is 0 Å². The average molecular weight is 1910 g/mol. The minimum atomic E-state index is -0.138. The van der Waals surface area contributed by atoms with Gasteiger partial charge in [-0.25, -0.2) is 0 Å². The van der Waals surface area contributed by atoms with E-state index in [1.54, 1.807) is 0 Å². The van der Waals surface area contributed by atoms with Crippen LogP contribution in [0, 0.1) is 0 Å². The highest BCUT2D eigenvalue weighted by Crippen LogP contribution is 2.59. The molecule has 0 bridgehead atoms. The van der Waals surface area contributed by atoms with Crippen molar-refractivity contribution in [3.8, 4) is 156 Å². The van der Waals surface area contributed by atoms with Gasteiger partial charge in [0.2, 0.25) is 0 Å². The van der Waals surface area contributed by atoms with Gasteiger partial charge in [0, 0.05) is 21.7 Å². The van der Waals surface area contributed by atoms with Crippen molar-refractivity contribution in [2.24, 2.45) is 0 Å². The van der Waals surface area contributed by atoms with Gasteiger partial charge in [-0.3, -0.25) is 0 Å². The summed E-state index contributed by atoms with van der Waals surface area (Å²) in [5.74, 6) is 0. The summed E-state index contributed by atoms with van der Waals surface area (Å²) < 4.78 is 0. The van der Waals surface area contributed by atoms with E-state index in [0.29, 0.717) is 0 Å². The van der Waals surface area contributed by atoms with Gasteiger partial charge < -0.3 is 0 Å². The third-order valence-electron chi connectivity index (χ3n) is 34.1. The molecule has 0 aromatic heterocycles. The second-order valence-electron chi connectivity index (χ2n) is 43.9. The molecule has 4 aliphatic carbocycles. The molecular weight excluding hydrogens is 1800 g/mol. The smallest absolute Gasteiger partial charge is 0.0165 e. The highest BCUT2D eigenvalue weighted by molar-refractivity contribution is 6.25. The quantitative estimate of drug-likeness (QED) is 0.120. The zero-order chi connectivity index (χ0) is 101. The van der Waals surface area contributed by atoms with E-state index in [9.17, 15) is 0 Å². The maximum Gasteiger partial charge on any atom is 0.0165 e. The minimum absolute atomic E-state index is 0.0664. The van der Waals surface area contributed by atoms with Gasteiger partial charge in [-0.05, 0) is 352 Å². The first-order valence-corrected chi connectivity index (χ1v) is 53.1. The van der Waals surface area contributed by atoms with Crippen molar-refractivity contribution in [1.82, 2.24) is 0 Å². The lowest BCUT2D eigenvalue weighted by Gasteiger charge is -2.24. The summed E-state index contributed by atoms with van der Waals surface area (Å²) >= 11 is 0. The predicted octanol–water partition coefficient (Wildman–Crippen LogP) is 41.3. The van der Waals surface area contributed by atoms with Gasteiger partial charge in [-0.2, -0.15) is 0 Å². The Morgan fingerprint density at radius 1 is 0.107 bits per heavy atom. The summed E-state index contributed by atoms with van der Waals surface area (Å²) in [5, 5.41) is 23.0. The molecule has 4 aliphatic rings. The van der Waals surface area contributed by atoms with Gasteiger partial charge in [0.1, 0.15) is 0 Å². The van der Waals surface area contributed by atoms with Crippen LogP contribution in [0.25, 0.3) is 253 Å². The van der Waals surface area contributed by atoms with Crippen molar-refractivity contribution < 1.29 is 0 Å². The molecule has 0 heterocycles. The Morgan fingerprint density at radius 3 is 0.867 bits per heavy atom. The van der Waals surface area contributed by atoms with Gasteiger partial charge in [-0.1, -0.05) is 510 Å². The molecule has 0 saturated carbocycles. The van der Waals surface area contributed by atoms with E-state index in [4.69, 9.17) is 0 Å². The third kappa shape index (κ3) is 14.3. The number of hydrogen-bond donors (Lipinski definition) is 0. The highest BCUT2D eigenvalue weighted by atomic mass is 14.4. The van der Waals surface area contributed by atoms with Gasteiger partial charge in [0.05, 0.1) is 0 Å². The molecule has 0 aliphatic heterocycles. The van der Waals surface area contributed by atoms with Crippen LogP contribution in [-0.4, -0.2) is 0 Å². The van der Waals surface area contributed by atoms with Crippen molar-refractivity contribution >= 4 is 97.0 Å². The molecule has 26 aromatic carbocycles. The Morgan fingerprint density at radius 2 is 0.360 bits per heavy atom. The van der Waals surface area contributed by atoms with E-state index in [2.05, 4.69) is 565 Å². The zero-order valence-electron chi connectivity index (χ0n) is 85.5. The molecule has 150 heavy (non-hydrogen) atoms. The first kappa shape index (κ1) is 89.7. The standard InChI is InChI=1S/C59H46.C53H36.C38H26/c1-57(2)49-20-12-9-15-39(49)42-27-23-36(32-52(42)57)35-24-30-47-48(31-35)56(38-26-29-44-41-17-11-14-22-51(41)59(5,6)54(44)34-38)46-19-8-7-18-45(46)55(47)37-25-28-43-40-16-10-13-21-50(40)58(3,4)53(43)33-37;1-53(2)49-32-39(24-25-45(49)47-26-23-35-13-7-10-18-44(35)52(47)53)43-27-28-46-48(51(43)41-22-20-34-12-4-6-15-37(34)30-41)31-38-16-8-9-17-42(38)50(46)40-21-19-33-11-3-5-14-36(33)29-40;1-4-12-27(13-5-1)29-20-22-31(23-21-29)38-34-19-11-10-18-33(34)37(30-16-8-3-9-17-30)35-25-24-32(26-36(35)38)28-14-6-2-7-15-28/h7-34H,1-6H3;3-32H,1-2H3;1-26H. The first-order valence-electron chi connectivity index (χ1n) is 53.1. The van der Waals surface area contributed by atoms with Crippen LogP contribution in [0.2, 0.25) is 0 Å². The third-order valence-corrected chi connectivity index (χ3v) is 34.1. The van der Waals surface area contributed by atoms with Gasteiger partial charge in [0.15, 0.2) is 0 Å². The highest BCUT2D eigenvalue weighted by Gasteiger charge is 2.41. The molecule has 0 heteroatoms. The fraction of sp³-hybridized carbons (Fsp3) is 0.0800. The molecule has 26 aromatic rings. The Labute approximate surface area is 877 Å². The molecule has 0 nitrogen and oxygen atoms in total. The van der Waals surface area contributed by atoms with Crippen LogP contribution in [0.15, 0.2) is 510 Å². The van der Waals surface area contributed by atoms with Crippen LogP contribution in [-0.2, 0) is 21.7 Å². The zero-order valence-corrected chi connectivity index (χ0v) is 85.5. The molecule has 30 rings (SSSR count). The van der Waals surface area contributed by atoms with Crippen molar-refractivity contribution in [2.75, 3.05) is 0 Å². The lowest BCUT2D eigenvalue weighted by atomic mass is 9.79. The van der Waals surface area contributed by atoms with Crippen LogP contribution in [0.5, 0.6) is 0 Å². The fourth-order valence-corrected chi connectivity index (χ4v) is 26.7. The van der Waals surface area contributed by atoms with Crippen molar-refractivity contribution in [3.63, 3.8) is 0 Å². The van der Waals surface area contributed by atoms with Gasteiger partial charge in [-0.15, -0.1) is 0 Å². The van der Waals surface area contributed by atoms with E-state index in [0.717, 1.165) is 0 Å². The summed E-state index contributed by atoms with van der Waals surface area (Å²) in [7, 11) is 0. The topological polar surface area (TPSA) is 0 Å². The summed E-state index contributed by atoms with van der Waals surface area (Å²) in [6.45, 7) is 19.1. The average Bonchev–Trinajstić information content (AvgIpc) is 1.57. The summed E-state index contributed by atoms with van der Waals surface area (Å²) in [6, 6.07) is 190. The normalized spacial score (nSPS) is 13.7. The Kier molecular flexibility index (Phi) is 20.9. The number of rotatable bonds is 10. The number of hydrogen-bond acceptors (Lipinski definition) is 0. The molecular formula is C150H108. The maximum absolute atomic E-state index is 2.51. The van der Waals surface area contributed by atoms with E-state index >= 15 is 0 Å². The molecule has 0 atom stereocenters. The molecule has 0 N–H and O–H groups in total. The number of fused-ring (bicyclic) bond motifs is 22. The van der Waals surface area contributed by atoms with Crippen LogP contribution < -0.4 is 0 Å². The van der Waals surface area contributed by atoms with E-state index in [1.165, 1.54) is 297 Å². The SMILES string of the molecule is CC1(C)c2cc(-c3ccc4c(-c5ccc6ccccc6c5)c5ccccc5cc4c3-c3ccc4ccccc4c3)ccc2-c2ccc3ccccc3c21.CC1(C)c2ccccc2-c2ccc(-c3ccc4c(-c5ccc6c(c5)C(C)(C)c5ccccc5-6)c5ccccc5c(-c5ccc6c(c5)C(C)(C)c5ccccc5-6)c4c3)cc21.c1ccc(-c2ccc(-c3c4ccccc4c(-c4ccccc4)c4ccc(-c5ccccc5)cc34)cc2)cc1. The largest absolute Gasteiger partial charge is 0.0622 e. The Hall–Kier alpha value is -17.9. The second kappa shape index (κ2) is 34.9. The van der Waals surface area contributed by atoms with E-state index < -0.39 is 0 Å². The van der Waals surface area contributed by atoms with Crippen LogP contribution >= 0.6 is 0 Å². The van der Waals surface area contributed by atoms with Crippen LogP contribution in [0.1, 0.15) is 99.9 Å². The molecule has 0 fully saturated rings. The predicted molar refractivity (Wildman–Crippen MR) is 641 cm³/mol. The van der Waals surface area contributed by atoms with Crippen molar-refractivity contribution in [2.45, 2.75) is 77.0 Å². The Bertz CT molecular complexity index is 10100. The second-order valence-corrected chi connectivity index (χ2v) is 43.9. The molecule has 0 saturated heterocycles. The monoisotopic (exact) mass is 1910 g/mol. The maximum atomic E-state index is 2.51. The van der Waals surface area contributed by atoms with Crippen molar-refractivity contribution in [3.05, 3.63) is 554 Å². The molecule has 708 valence electrons. The summed E-state index contributed by atoms with van der Waals surface area (Å²) in [5.41, 5.74) is 46.9. The molecule has 0 unspecified atom stereocenters. The summed E-state index contributed by atoms with van der Waals surface area (Å²) in [4.78, 5) is 0. The first-order chi connectivity index (χ1) is 73.4. The minimum Gasteiger partial charge on any atom is -0.0622 e. The lowest BCUT2D eigenvalue weighted by molar-refractivity contribution is 0.660. The molecule has 0 radical (unpaired) electrons. The van der Waals surface area contributed by atoms with E-state index in [-0.39, 0.29) is 21.7 Å². The number of benzene rings is 26. The lowest BCUT2D eigenvalue weighted by Crippen LogP contribution is -2.15. The fourth-order valence-electron chi connectivity index (χ4n) is 26.7. The van der Waals surface area contributed by atoms with Crippen LogP contribution in [0.4, 0.5) is 0 Å². The van der Waals surface area contributed by atoms with Gasteiger partial charge >= 0.3 is 0 Å². The summed E-state index contributed by atoms with van der Waals surface area (Å²) in [6.07, 6.45) is 0. The van der Waals surface area contributed by atoms with Crippen LogP contribution in [0.3, 0.4) is 0 Å². The van der Waals surface area contributed by atoms with Gasteiger partial charge in [0.25, 0.3) is 0 Å². The Balaban J connectivity index is 0.000000111.